The summed E-state index contributed by atoms with van der Waals surface area (Å²) in [5, 5.41) is 9.80. The number of amides is 1. The van der Waals surface area contributed by atoms with E-state index in [0.29, 0.717) is 12.2 Å². The fourth-order valence-electron chi connectivity index (χ4n) is 2.58. The molecule has 1 aromatic heterocycles. The van der Waals surface area contributed by atoms with Gasteiger partial charge in [-0.1, -0.05) is 19.1 Å². The summed E-state index contributed by atoms with van der Waals surface area (Å²) in [5.74, 6) is 2.25. The van der Waals surface area contributed by atoms with E-state index in [1.165, 1.54) is 17.2 Å². The molecule has 0 bridgehead atoms. The predicted octanol–water partition coefficient (Wildman–Crippen LogP) is 2.46. The maximum atomic E-state index is 12.1. The molecule has 0 aliphatic carbocycles. The van der Waals surface area contributed by atoms with Crippen LogP contribution in [0.15, 0.2) is 30.3 Å². The van der Waals surface area contributed by atoms with Gasteiger partial charge in [-0.2, -0.15) is 16.9 Å². The molecule has 1 saturated heterocycles. The number of carbonyl (C=O) groups excluding carboxylic acids is 1. The van der Waals surface area contributed by atoms with Crippen molar-refractivity contribution in [3.05, 3.63) is 47.3 Å². The highest BCUT2D eigenvalue weighted by molar-refractivity contribution is 7.99. The largest absolute Gasteiger partial charge is 0.370 e. The van der Waals surface area contributed by atoms with Crippen LogP contribution in [0.4, 0.5) is 5.69 Å². The zero-order valence-corrected chi connectivity index (χ0v) is 14.2. The quantitative estimate of drug-likeness (QED) is 0.884. The smallest absolute Gasteiger partial charge is 0.272 e. The van der Waals surface area contributed by atoms with Crippen LogP contribution in [-0.2, 0) is 13.0 Å². The Balaban J connectivity index is 1.54. The lowest BCUT2D eigenvalue weighted by Gasteiger charge is -2.28. The molecule has 23 heavy (non-hydrogen) atoms. The van der Waals surface area contributed by atoms with Crippen LogP contribution in [0, 0.1) is 0 Å². The zero-order valence-electron chi connectivity index (χ0n) is 13.3. The molecule has 2 heterocycles. The van der Waals surface area contributed by atoms with Crippen LogP contribution in [-0.4, -0.2) is 40.7 Å². The molecule has 1 aliphatic heterocycles. The Labute approximate surface area is 140 Å². The zero-order chi connectivity index (χ0) is 16.1. The van der Waals surface area contributed by atoms with Crippen LogP contribution in [0.2, 0.25) is 0 Å². The van der Waals surface area contributed by atoms with Gasteiger partial charge in [0.25, 0.3) is 5.91 Å². The van der Waals surface area contributed by atoms with E-state index in [0.717, 1.165) is 30.8 Å². The van der Waals surface area contributed by atoms with Crippen molar-refractivity contribution >= 4 is 23.4 Å². The molecule has 5 nitrogen and oxygen atoms in total. The summed E-state index contributed by atoms with van der Waals surface area (Å²) in [7, 11) is 0. The van der Waals surface area contributed by atoms with Gasteiger partial charge in [-0.15, -0.1) is 0 Å². The molecular weight excluding hydrogens is 308 g/mol. The third-order valence-electron chi connectivity index (χ3n) is 4.01. The Bertz CT molecular complexity index is 647. The number of aryl methyl sites for hydroxylation is 1. The number of hydrogen-bond acceptors (Lipinski definition) is 4. The molecule has 1 aromatic carbocycles. The highest BCUT2D eigenvalue weighted by Gasteiger charge is 2.12. The minimum absolute atomic E-state index is 0.141. The summed E-state index contributed by atoms with van der Waals surface area (Å²) in [6.45, 7) is 4.76. The molecule has 2 N–H and O–H groups in total. The number of aromatic amines is 1. The van der Waals surface area contributed by atoms with E-state index in [4.69, 9.17) is 0 Å². The molecule has 1 fully saturated rings. The molecule has 0 unspecified atom stereocenters. The van der Waals surface area contributed by atoms with Crippen LogP contribution in [0.1, 0.15) is 28.7 Å². The van der Waals surface area contributed by atoms with Gasteiger partial charge in [0.05, 0.1) is 0 Å². The average Bonchev–Trinajstić information content (AvgIpc) is 3.10. The van der Waals surface area contributed by atoms with E-state index in [1.54, 1.807) is 6.07 Å². The van der Waals surface area contributed by atoms with Gasteiger partial charge in [-0.05, 0) is 30.2 Å². The van der Waals surface area contributed by atoms with Crippen LogP contribution >= 0.6 is 11.8 Å². The minimum atomic E-state index is -0.141. The lowest BCUT2D eigenvalue weighted by molar-refractivity contribution is 0.0946. The molecule has 0 atom stereocenters. The Morgan fingerprint density at radius 3 is 2.70 bits per heavy atom. The van der Waals surface area contributed by atoms with E-state index < -0.39 is 0 Å². The summed E-state index contributed by atoms with van der Waals surface area (Å²) in [5.41, 5.74) is 3.78. The van der Waals surface area contributed by atoms with Gasteiger partial charge in [0.2, 0.25) is 0 Å². The molecule has 3 rings (SSSR count). The van der Waals surface area contributed by atoms with E-state index in [2.05, 4.69) is 44.7 Å². The molecular formula is C17H22N4OS. The molecule has 0 saturated carbocycles. The Kier molecular flexibility index (Phi) is 5.23. The van der Waals surface area contributed by atoms with Crippen molar-refractivity contribution in [1.29, 1.82) is 0 Å². The van der Waals surface area contributed by atoms with Crippen LogP contribution in [0.5, 0.6) is 0 Å². The van der Waals surface area contributed by atoms with Crippen molar-refractivity contribution in [1.82, 2.24) is 15.5 Å². The summed E-state index contributed by atoms with van der Waals surface area (Å²) in [6, 6.07) is 10.2. The Morgan fingerprint density at radius 1 is 1.30 bits per heavy atom. The van der Waals surface area contributed by atoms with Crippen molar-refractivity contribution < 1.29 is 4.79 Å². The van der Waals surface area contributed by atoms with Crippen molar-refractivity contribution in [2.75, 3.05) is 29.5 Å². The highest BCUT2D eigenvalue weighted by Crippen LogP contribution is 2.19. The van der Waals surface area contributed by atoms with Crippen LogP contribution in [0.25, 0.3) is 0 Å². The second kappa shape index (κ2) is 7.55. The molecule has 122 valence electrons. The minimum Gasteiger partial charge on any atom is -0.370 e. The van der Waals surface area contributed by atoms with Crippen LogP contribution in [0.3, 0.4) is 0 Å². The van der Waals surface area contributed by atoms with E-state index in [9.17, 15) is 4.79 Å². The first-order valence-electron chi connectivity index (χ1n) is 8.00. The van der Waals surface area contributed by atoms with Gasteiger partial charge >= 0.3 is 0 Å². The van der Waals surface area contributed by atoms with Crippen molar-refractivity contribution in [3.63, 3.8) is 0 Å². The third-order valence-corrected chi connectivity index (χ3v) is 4.95. The number of nitrogens with zero attached hydrogens (tertiary/aromatic N) is 2. The number of aromatic nitrogens is 2. The molecule has 1 amide bonds. The predicted molar refractivity (Wildman–Crippen MR) is 95.1 cm³/mol. The maximum absolute atomic E-state index is 12.1. The van der Waals surface area contributed by atoms with Crippen molar-refractivity contribution in [3.8, 4) is 0 Å². The first kappa shape index (κ1) is 15.9. The second-order valence-corrected chi connectivity index (χ2v) is 6.81. The molecule has 6 heteroatoms. The van der Waals surface area contributed by atoms with E-state index >= 15 is 0 Å². The van der Waals surface area contributed by atoms with Gasteiger partial charge < -0.3 is 10.2 Å². The van der Waals surface area contributed by atoms with Gasteiger partial charge in [0, 0.05) is 42.5 Å². The number of thioether (sulfide) groups is 1. The van der Waals surface area contributed by atoms with Crippen molar-refractivity contribution in [2.45, 2.75) is 19.9 Å². The van der Waals surface area contributed by atoms with Gasteiger partial charge in [-0.25, -0.2) is 0 Å². The van der Waals surface area contributed by atoms with E-state index in [1.807, 2.05) is 18.7 Å². The average molecular weight is 330 g/mol. The monoisotopic (exact) mass is 330 g/mol. The lowest BCUT2D eigenvalue weighted by Crippen LogP contribution is -2.32. The second-order valence-electron chi connectivity index (χ2n) is 5.58. The summed E-state index contributed by atoms with van der Waals surface area (Å²) >= 11 is 2.01. The van der Waals surface area contributed by atoms with Gasteiger partial charge in [-0.3, -0.25) is 9.89 Å². The van der Waals surface area contributed by atoms with Gasteiger partial charge in [0.15, 0.2) is 0 Å². The molecule has 1 aliphatic rings. The topological polar surface area (TPSA) is 61.0 Å². The normalized spacial score (nSPS) is 14.7. The standard InChI is InChI=1S/C17H22N4OS/c1-2-14-11-16(20-19-14)17(22)18-12-13-3-5-15(6-4-13)21-7-9-23-10-8-21/h3-6,11H,2,7-10,12H2,1H3,(H,18,22)(H,19,20). The fourth-order valence-corrected chi connectivity index (χ4v) is 3.48. The number of nitrogens with one attached hydrogen (secondary N) is 2. The van der Waals surface area contributed by atoms with Gasteiger partial charge in [0.1, 0.15) is 5.69 Å². The Hall–Kier alpha value is -1.95. The number of anilines is 1. The summed E-state index contributed by atoms with van der Waals surface area (Å²) < 4.78 is 0. The van der Waals surface area contributed by atoms with Crippen LogP contribution < -0.4 is 10.2 Å². The SMILES string of the molecule is CCc1cc(C(=O)NCc2ccc(N3CCSCC3)cc2)n[nH]1. The summed E-state index contributed by atoms with van der Waals surface area (Å²) in [4.78, 5) is 14.5. The number of hydrogen-bond donors (Lipinski definition) is 2. The summed E-state index contributed by atoms with van der Waals surface area (Å²) in [6.07, 6.45) is 0.844. The molecule has 2 aromatic rings. The first-order chi connectivity index (χ1) is 11.3. The van der Waals surface area contributed by atoms with E-state index in [-0.39, 0.29) is 5.91 Å². The lowest BCUT2D eigenvalue weighted by atomic mass is 10.2. The Morgan fingerprint density at radius 2 is 2.04 bits per heavy atom. The number of rotatable bonds is 5. The van der Waals surface area contributed by atoms with Crippen molar-refractivity contribution in [2.24, 2.45) is 0 Å². The number of benzene rings is 1. The number of H-pyrrole nitrogens is 1. The number of carbonyl (C=O) groups is 1. The molecule has 0 spiro atoms. The fraction of sp³-hybridized carbons (Fsp3) is 0.412. The maximum Gasteiger partial charge on any atom is 0.272 e. The third kappa shape index (κ3) is 4.07. The molecule has 0 radical (unpaired) electrons. The first-order valence-corrected chi connectivity index (χ1v) is 9.16. The highest BCUT2D eigenvalue weighted by atomic mass is 32.2.